The molecule has 4 aliphatic heterocycles. The SMILES string of the molecule is O=C(Oc1ccc2c3c1O[C@H]1C(=O)CC[C@@]4(O)[C@@H](C2)N(CC2CC2)CC[C@]314)C1CCC(C(=O)Oc2ccc3c4c2O[C@H]2C(=O)CC[C@@]5(O)[C@@H](C3)N(CC3CC3)CC[C@]425)CC1. The molecule has 12 nitrogen and oxygen atoms in total. The van der Waals surface area contributed by atoms with E-state index in [1.807, 2.05) is 12.1 Å². The number of ketones is 2. The molecule has 0 amide bonds. The Bertz CT molecular complexity index is 2120. The van der Waals surface area contributed by atoms with Crippen LogP contribution in [0.2, 0.25) is 0 Å². The van der Waals surface area contributed by atoms with Crippen molar-refractivity contribution in [2.24, 2.45) is 23.7 Å². The second-order valence-corrected chi connectivity index (χ2v) is 20.8. The second kappa shape index (κ2) is 12.4. The van der Waals surface area contributed by atoms with E-state index < -0.39 is 46.1 Å². The van der Waals surface area contributed by atoms with Crippen molar-refractivity contribution in [2.75, 3.05) is 26.2 Å². The molecule has 8 atom stereocenters. The fraction of sp³-hybridized carbons (Fsp3) is 0.667. The van der Waals surface area contributed by atoms with Crippen LogP contribution in [0.4, 0.5) is 0 Å². The lowest BCUT2D eigenvalue weighted by atomic mass is 9.49. The number of aliphatic hydroxyl groups is 2. The Balaban J connectivity index is 0.713. The van der Waals surface area contributed by atoms with Crippen molar-refractivity contribution < 1.29 is 48.3 Å². The summed E-state index contributed by atoms with van der Waals surface area (Å²) < 4.78 is 25.3. The van der Waals surface area contributed by atoms with Gasteiger partial charge in [0.15, 0.2) is 46.8 Å². The minimum Gasteiger partial charge on any atom is -0.477 e. The molecular formula is C48H54N2O10. The third-order valence-electron chi connectivity index (χ3n) is 17.9. The highest BCUT2D eigenvalue weighted by Gasteiger charge is 2.75. The monoisotopic (exact) mass is 818 g/mol. The van der Waals surface area contributed by atoms with E-state index in [4.69, 9.17) is 18.9 Å². The van der Waals surface area contributed by atoms with E-state index in [1.165, 1.54) is 25.7 Å². The summed E-state index contributed by atoms with van der Waals surface area (Å²) in [5.74, 6) is 1.22. The molecule has 4 heterocycles. The van der Waals surface area contributed by atoms with Gasteiger partial charge in [-0.25, -0.2) is 0 Å². The number of likely N-dealkylation sites (tertiary alicyclic amines) is 2. The first-order valence-corrected chi connectivity index (χ1v) is 23.1. The van der Waals surface area contributed by atoms with Crippen molar-refractivity contribution in [1.82, 2.24) is 9.80 Å². The third kappa shape index (κ3) is 4.72. The number of hydrogen-bond donors (Lipinski definition) is 2. The predicted molar refractivity (Wildman–Crippen MR) is 213 cm³/mol. The van der Waals surface area contributed by atoms with Crippen LogP contribution in [-0.2, 0) is 42.8 Å². The average molecular weight is 819 g/mol. The fourth-order valence-corrected chi connectivity index (χ4v) is 14.6. The zero-order chi connectivity index (χ0) is 40.5. The second-order valence-electron chi connectivity index (χ2n) is 20.8. The molecule has 2 N–H and O–H groups in total. The molecule has 0 unspecified atom stereocenters. The molecule has 5 saturated carbocycles. The molecule has 2 aromatic carbocycles. The Morgan fingerprint density at radius 2 is 1.03 bits per heavy atom. The quantitative estimate of drug-likeness (QED) is 0.289. The lowest BCUT2D eigenvalue weighted by Crippen LogP contribution is -2.76. The topological polar surface area (TPSA) is 152 Å². The predicted octanol–water partition coefficient (Wildman–Crippen LogP) is 4.27. The molecule has 7 fully saturated rings. The number of Topliss-reactive ketones (excluding diaryl/α,β-unsaturated/α-hetero) is 2. The molecule has 316 valence electrons. The number of carbonyl (C=O) groups excluding carboxylic acids is 4. The molecule has 2 saturated heterocycles. The lowest BCUT2D eigenvalue weighted by Gasteiger charge is -2.62. The zero-order valence-electron chi connectivity index (χ0n) is 34.1. The summed E-state index contributed by atoms with van der Waals surface area (Å²) in [4.78, 5) is 59.7. The molecule has 12 heteroatoms. The van der Waals surface area contributed by atoms with Gasteiger partial charge in [-0.15, -0.1) is 0 Å². The number of esters is 2. The van der Waals surface area contributed by atoms with E-state index >= 15 is 0 Å². The van der Waals surface area contributed by atoms with Gasteiger partial charge in [0.2, 0.25) is 0 Å². The van der Waals surface area contributed by atoms with E-state index in [0.29, 0.717) is 99.0 Å². The summed E-state index contributed by atoms with van der Waals surface area (Å²) in [6, 6.07) is 7.45. The lowest BCUT2D eigenvalue weighted by molar-refractivity contribution is -0.188. The Labute approximate surface area is 349 Å². The first-order valence-electron chi connectivity index (χ1n) is 23.1. The molecule has 60 heavy (non-hydrogen) atoms. The van der Waals surface area contributed by atoms with Crippen LogP contribution >= 0.6 is 0 Å². The van der Waals surface area contributed by atoms with Crippen LogP contribution < -0.4 is 18.9 Å². The van der Waals surface area contributed by atoms with Gasteiger partial charge in [-0.2, -0.15) is 0 Å². The molecule has 11 aliphatic rings. The highest BCUT2D eigenvalue weighted by atomic mass is 16.6. The van der Waals surface area contributed by atoms with Crippen molar-refractivity contribution in [2.45, 2.75) is 149 Å². The molecule has 0 radical (unpaired) electrons. The van der Waals surface area contributed by atoms with Crippen molar-refractivity contribution in [3.05, 3.63) is 46.5 Å². The maximum Gasteiger partial charge on any atom is 0.314 e. The number of piperidine rings is 2. The summed E-state index contributed by atoms with van der Waals surface area (Å²) in [6.07, 6.45) is 9.11. The summed E-state index contributed by atoms with van der Waals surface area (Å²) in [6.45, 7) is 3.57. The van der Waals surface area contributed by atoms with Crippen LogP contribution in [0, 0.1) is 23.7 Å². The molecule has 0 aromatic heterocycles. The van der Waals surface area contributed by atoms with Crippen molar-refractivity contribution >= 4 is 23.5 Å². The third-order valence-corrected chi connectivity index (χ3v) is 17.9. The largest absolute Gasteiger partial charge is 0.477 e. The van der Waals surface area contributed by atoms with E-state index in [0.717, 1.165) is 48.4 Å². The van der Waals surface area contributed by atoms with E-state index in [-0.39, 0.29) is 48.4 Å². The summed E-state index contributed by atoms with van der Waals surface area (Å²) in [7, 11) is 0. The normalized spacial score (nSPS) is 40.6. The highest BCUT2D eigenvalue weighted by molar-refractivity contribution is 5.91. The van der Waals surface area contributed by atoms with Gasteiger partial charge in [0.1, 0.15) is 0 Å². The van der Waals surface area contributed by atoms with Gasteiger partial charge in [0, 0.05) is 49.1 Å². The molecule has 2 aromatic rings. The van der Waals surface area contributed by atoms with Crippen molar-refractivity contribution in [3.63, 3.8) is 0 Å². The number of benzene rings is 2. The maximum atomic E-state index is 13.8. The molecule has 4 bridgehead atoms. The number of hydrogen-bond acceptors (Lipinski definition) is 12. The molecular weight excluding hydrogens is 765 g/mol. The first kappa shape index (κ1) is 36.8. The standard InChI is InChI=1S/C48H54N2O10/c51-31-13-15-47(55)35-21-29-9-11-33(39-37(29)45(47,41(31)59-39)17-19-49(35)23-25-1-2-25)57-43(53)27-5-7-28(8-6-27)44(54)58-34-12-10-30-22-36-48(56)16-14-32(52)42-46(48,38(30)40(34)60-42)18-20-50(36)24-26-3-4-26/h9-12,25-28,35-36,41-42,55-56H,1-8,13-24H2/t27?,28?,35-,36-,41+,42+,45+,46+,47-,48-/m1/s1. The average Bonchev–Trinajstić information content (AvgIpc) is 4.17. The minimum atomic E-state index is -1.09. The van der Waals surface area contributed by atoms with Gasteiger partial charge < -0.3 is 29.2 Å². The van der Waals surface area contributed by atoms with Crippen LogP contribution in [0.15, 0.2) is 24.3 Å². The van der Waals surface area contributed by atoms with Gasteiger partial charge in [0.05, 0.1) is 33.9 Å². The van der Waals surface area contributed by atoms with E-state index in [9.17, 15) is 29.4 Å². The smallest absolute Gasteiger partial charge is 0.314 e. The van der Waals surface area contributed by atoms with Gasteiger partial charge in [-0.3, -0.25) is 29.0 Å². The molecule has 2 spiro atoms. The van der Waals surface area contributed by atoms with Crippen molar-refractivity contribution in [3.8, 4) is 23.0 Å². The van der Waals surface area contributed by atoms with Crippen LogP contribution in [0.5, 0.6) is 23.0 Å². The summed E-state index contributed by atoms with van der Waals surface area (Å²) in [5.41, 5.74) is -0.00838. The first-order chi connectivity index (χ1) is 29.0. The van der Waals surface area contributed by atoms with Gasteiger partial charge in [0.25, 0.3) is 0 Å². The van der Waals surface area contributed by atoms with Crippen LogP contribution in [0.3, 0.4) is 0 Å². The number of carbonyl (C=O) groups is 4. The van der Waals surface area contributed by atoms with Gasteiger partial charge in [-0.1, -0.05) is 12.1 Å². The number of ether oxygens (including phenoxy) is 4. The summed E-state index contributed by atoms with van der Waals surface area (Å²) in [5, 5.41) is 25.3. The highest BCUT2D eigenvalue weighted by Crippen LogP contribution is 2.67. The van der Waals surface area contributed by atoms with Crippen LogP contribution in [0.1, 0.15) is 112 Å². The van der Waals surface area contributed by atoms with E-state index in [1.54, 1.807) is 12.1 Å². The maximum absolute atomic E-state index is 13.8. The Kier molecular flexibility index (Phi) is 7.61. The Hall–Kier alpha value is -3.84. The fourth-order valence-electron chi connectivity index (χ4n) is 14.6. The molecule has 7 aliphatic carbocycles. The minimum absolute atomic E-state index is 0.00225. The Morgan fingerprint density at radius 3 is 1.43 bits per heavy atom. The van der Waals surface area contributed by atoms with Crippen molar-refractivity contribution in [1.29, 1.82) is 0 Å². The number of rotatable bonds is 8. The summed E-state index contributed by atoms with van der Waals surface area (Å²) >= 11 is 0. The van der Waals surface area contributed by atoms with Gasteiger partial charge in [-0.05, 0) is 138 Å². The van der Waals surface area contributed by atoms with E-state index in [2.05, 4.69) is 9.80 Å². The van der Waals surface area contributed by atoms with Gasteiger partial charge >= 0.3 is 11.9 Å². The Morgan fingerprint density at radius 1 is 0.617 bits per heavy atom. The number of nitrogens with zero attached hydrogens (tertiary/aromatic N) is 2. The molecule has 13 rings (SSSR count). The van der Waals surface area contributed by atoms with Crippen LogP contribution in [0.25, 0.3) is 0 Å². The zero-order valence-corrected chi connectivity index (χ0v) is 34.1. The van der Waals surface area contributed by atoms with Crippen LogP contribution in [-0.4, -0.2) is 105 Å².